The summed E-state index contributed by atoms with van der Waals surface area (Å²) in [5, 5.41) is 0. The molecular formula is C18H14N2O4. The fourth-order valence-corrected chi connectivity index (χ4v) is 2.51. The summed E-state index contributed by atoms with van der Waals surface area (Å²) >= 11 is 0. The average molecular weight is 322 g/mol. The van der Waals surface area contributed by atoms with Gasteiger partial charge in [0.05, 0.1) is 17.4 Å². The van der Waals surface area contributed by atoms with Crippen LogP contribution in [0.5, 0.6) is 17.2 Å². The molecule has 4 rings (SSSR count). The number of aryl methyl sites for hydroxylation is 1. The summed E-state index contributed by atoms with van der Waals surface area (Å²) in [7, 11) is 1.91. The standard InChI is InChI=1S/C18H14N2O4/c1-20-10-19-14-9-13(4-5-15(14)20)24-18(21)7-3-12-2-6-16-17(8-12)23-11-22-16/h2-10H,11H2,1H3. The number of imidazole rings is 1. The van der Waals surface area contributed by atoms with Gasteiger partial charge in [0.2, 0.25) is 6.79 Å². The maximum atomic E-state index is 12.0. The molecule has 0 fully saturated rings. The number of fused-ring (bicyclic) bond motifs is 2. The van der Waals surface area contributed by atoms with Crippen molar-refractivity contribution in [3.63, 3.8) is 0 Å². The summed E-state index contributed by atoms with van der Waals surface area (Å²) in [4.78, 5) is 16.2. The van der Waals surface area contributed by atoms with Gasteiger partial charge in [0, 0.05) is 19.2 Å². The van der Waals surface area contributed by atoms with Crippen molar-refractivity contribution in [2.45, 2.75) is 0 Å². The third kappa shape index (κ3) is 2.69. The molecule has 1 aliphatic heterocycles. The number of aromatic nitrogens is 2. The molecule has 6 nitrogen and oxygen atoms in total. The lowest BCUT2D eigenvalue weighted by Crippen LogP contribution is -2.03. The topological polar surface area (TPSA) is 62.6 Å². The summed E-state index contributed by atoms with van der Waals surface area (Å²) in [6, 6.07) is 10.8. The van der Waals surface area contributed by atoms with Crippen LogP contribution in [0.4, 0.5) is 0 Å². The Hall–Kier alpha value is -3.28. The van der Waals surface area contributed by atoms with E-state index >= 15 is 0 Å². The molecule has 120 valence electrons. The summed E-state index contributed by atoms with van der Waals surface area (Å²) in [6.07, 6.45) is 4.76. The minimum absolute atomic E-state index is 0.223. The zero-order chi connectivity index (χ0) is 16.5. The highest BCUT2D eigenvalue weighted by Crippen LogP contribution is 2.32. The molecule has 0 unspecified atom stereocenters. The van der Waals surface area contributed by atoms with E-state index in [0.717, 1.165) is 16.6 Å². The third-order valence-corrected chi connectivity index (χ3v) is 3.72. The van der Waals surface area contributed by atoms with Crippen LogP contribution in [0.2, 0.25) is 0 Å². The first-order valence-electron chi connectivity index (χ1n) is 7.40. The first-order valence-corrected chi connectivity index (χ1v) is 7.40. The number of hydrogen-bond donors (Lipinski definition) is 0. The number of benzene rings is 2. The zero-order valence-electron chi connectivity index (χ0n) is 12.9. The molecule has 0 saturated carbocycles. The number of ether oxygens (including phenoxy) is 3. The van der Waals surface area contributed by atoms with Gasteiger partial charge in [-0.3, -0.25) is 0 Å². The van der Waals surface area contributed by atoms with Crippen molar-refractivity contribution >= 4 is 23.1 Å². The van der Waals surface area contributed by atoms with E-state index in [1.807, 2.05) is 35.9 Å². The molecule has 0 bridgehead atoms. The smallest absolute Gasteiger partial charge is 0.336 e. The summed E-state index contributed by atoms with van der Waals surface area (Å²) < 4.78 is 17.8. The largest absolute Gasteiger partial charge is 0.454 e. The van der Waals surface area contributed by atoms with Gasteiger partial charge in [-0.05, 0) is 35.9 Å². The second kappa shape index (κ2) is 5.73. The van der Waals surface area contributed by atoms with Gasteiger partial charge in [0.25, 0.3) is 0 Å². The van der Waals surface area contributed by atoms with E-state index in [-0.39, 0.29) is 6.79 Å². The summed E-state index contributed by atoms with van der Waals surface area (Å²) in [6.45, 7) is 0.223. The van der Waals surface area contributed by atoms with E-state index in [2.05, 4.69) is 4.98 Å². The number of hydrogen-bond acceptors (Lipinski definition) is 5. The Morgan fingerprint density at radius 1 is 1.21 bits per heavy atom. The second-order valence-electron chi connectivity index (χ2n) is 5.37. The van der Waals surface area contributed by atoms with E-state index in [4.69, 9.17) is 14.2 Å². The highest BCUT2D eigenvalue weighted by atomic mass is 16.7. The van der Waals surface area contributed by atoms with Gasteiger partial charge in [0.1, 0.15) is 5.75 Å². The molecule has 0 amide bonds. The number of nitrogens with zero attached hydrogens (tertiary/aromatic N) is 2. The molecule has 0 aliphatic carbocycles. The average Bonchev–Trinajstić information content (AvgIpc) is 3.19. The van der Waals surface area contributed by atoms with Crippen molar-refractivity contribution < 1.29 is 19.0 Å². The molecule has 0 saturated heterocycles. The number of carbonyl (C=O) groups is 1. The maximum Gasteiger partial charge on any atom is 0.336 e. The Morgan fingerprint density at radius 2 is 2.08 bits per heavy atom. The van der Waals surface area contributed by atoms with Gasteiger partial charge in [-0.25, -0.2) is 9.78 Å². The molecule has 24 heavy (non-hydrogen) atoms. The molecule has 0 spiro atoms. The van der Waals surface area contributed by atoms with Gasteiger partial charge < -0.3 is 18.8 Å². The Morgan fingerprint density at radius 3 is 3.00 bits per heavy atom. The molecule has 2 aromatic carbocycles. The fraction of sp³-hybridized carbons (Fsp3) is 0.111. The van der Waals surface area contributed by atoms with Crippen molar-refractivity contribution in [1.82, 2.24) is 9.55 Å². The first-order chi connectivity index (χ1) is 11.7. The van der Waals surface area contributed by atoms with Gasteiger partial charge in [-0.1, -0.05) is 6.07 Å². The highest BCUT2D eigenvalue weighted by Gasteiger charge is 2.12. The van der Waals surface area contributed by atoms with Crippen LogP contribution >= 0.6 is 0 Å². The van der Waals surface area contributed by atoms with Crippen molar-refractivity contribution in [2.75, 3.05) is 6.79 Å². The molecule has 0 radical (unpaired) electrons. The highest BCUT2D eigenvalue weighted by molar-refractivity contribution is 5.89. The van der Waals surface area contributed by atoms with Crippen LogP contribution in [-0.2, 0) is 11.8 Å². The van der Waals surface area contributed by atoms with E-state index in [1.54, 1.807) is 24.5 Å². The van der Waals surface area contributed by atoms with Crippen molar-refractivity contribution in [2.24, 2.45) is 7.05 Å². The van der Waals surface area contributed by atoms with E-state index < -0.39 is 5.97 Å². The van der Waals surface area contributed by atoms with Crippen LogP contribution in [0.3, 0.4) is 0 Å². The second-order valence-corrected chi connectivity index (χ2v) is 5.37. The number of carbonyl (C=O) groups excluding carboxylic acids is 1. The molecule has 0 atom stereocenters. The predicted molar refractivity (Wildman–Crippen MR) is 87.9 cm³/mol. The molecule has 2 heterocycles. The SMILES string of the molecule is Cn1cnc2cc(OC(=O)C=Cc3ccc4c(c3)OCO4)ccc21. The van der Waals surface area contributed by atoms with Crippen molar-refractivity contribution in [3.8, 4) is 17.2 Å². The Kier molecular flexibility index (Phi) is 3.42. The van der Waals surface area contributed by atoms with Gasteiger partial charge >= 0.3 is 5.97 Å². The van der Waals surface area contributed by atoms with E-state index in [9.17, 15) is 4.79 Å². The van der Waals surface area contributed by atoms with E-state index in [1.165, 1.54) is 6.08 Å². The van der Waals surface area contributed by atoms with Crippen LogP contribution in [0.15, 0.2) is 48.8 Å². The zero-order valence-corrected chi connectivity index (χ0v) is 12.9. The minimum atomic E-state index is -0.456. The van der Waals surface area contributed by atoms with Crippen LogP contribution in [-0.4, -0.2) is 22.3 Å². The Balaban J connectivity index is 1.47. The van der Waals surface area contributed by atoms with Crippen molar-refractivity contribution in [1.29, 1.82) is 0 Å². The Bertz CT molecular complexity index is 959. The monoisotopic (exact) mass is 322 g/mol. The van der Waals surface area contributed by atoms with Crippen LogP contribution < -0.4 is 14.2 Å². The maximum absolute atomic E-state index is 12.0. The van der Waals surface area contributed by atoms with E-state index in [0.29, 0.717) is 17.2 Å². The molecule has 1 aliphatic rings. The fourth-order valence-electron chi connectivity index (χ4n) is 2.51. The quantitative estimate of drug-likeness (QED) is 0.421. The lowest BCUT2D eigenvalue weighted by Gasteiger charge is -2.02. The third-order valence-electron chi connectivity index (χ3n) is 3.72. The summed E-state index contributed by atoms with van der Waals surface area (Å²) in [5.74, 6) is 1.38. The number of esters is 1. The molecule has 6 heteroatoms. The lowest BCUT2D eigenvalue weighted by atomic mass is 10.2. The molecular weight excluding hydrogens is 308 g/mol. The lowest BCUT2D eigenvalue weighted by molar-refractivity contribution is -0.128. The Labute approximate surface area is 137 Å². The molecule has 1 aromatic heterocycles. The van der Waals surface area contributed by atoms with Crippen LogP contribution in [0.25, 0.3) is 17.1 Å². The van der Waals surface area contributed by atoms with Crippen LogP contribution in [0, 0.1) is 0 Å². The normalized spacial score (nSPS) is 12.9. The van der Waals surface area contributed by atoms with Gasteiger partial charge in [-0.15, -0.1) is 0 Å². The first kappa shape index (κ1) is 14.3. The molecule has 3 aromatic rings. The molecule has 0 N–H and O–H groups in total. The summed E-state index contributed by atoms with van der Waals surface area (Å²) in [5.41, 5.74) is 2.59. The van der Waals surface area contributed by atoms with Gasteiger partial charge in [-0.2, -0.15) is 0 Å². The number of rotatable bonds is 3. The predicted octanol–water partition coefficient (Wildman–Crippen LogP) is 2.92. The van der Waals surface area contributed by atoms with Gasteiger partial charge in [0.15, 0.2) is 11.5 Å². The minimum Gasteiger partial charge on any atom is -0.454 e. The van der Waals surface area contributed by atoms with Crippen molar-refractivity contribution in [3.05, 3.63) is 54.4 Å². The van der Waals surface area contributed by atoms with Crippen LogP contribution in [0.1, 0.15) is 5.56 Å².